The number of hydrogen-bond donors (Lipinski definition) is 1. The van der Waals surface area contributed by atoms with Gasteiger partial charge in [0.1, 0.15) is 12.1 Å². The molecule has 0 saturated carbocycles. The van der Waals surface area contributed by atoms with Gasteiger partial charge in [-0.2, -0.15) is 0 Å². The SMILES string of the molecule is CCc1cc(N(CC)CC2CCCN2)ncn1. The highest BCUT2D eigenvalue weighted by Gasteiger charge is 2.18. The second-order valence-corrected chi connectivity index (χ2v) is 4.55. The number of nitrogens with one attached hydrogen (secondary N) is 1. The summed E-state index contributed by atoms with van der Waals surface area (Å²) in [4.78, 5) is 11.0. The second-order valence-electron chi connectivity index (χ2n) is 4.55. The molecular weight excluding hydrogens is 212 g/mol. The fourth-order valence-corrected chi connectivity index (χ4v) is 2.32. The van der Waals surface area contributed by atoms with Crippen LogP contribution < -0.4 is 10.2 Å². The average molecular weight is 234 g/mol. The Morgan fingerprint density at radius 3 is 2.94 bits per heavy atom. The number of hydrogen-bond acceptors (Lipinski definition) is 4. The number of anilines is 1. The lowest BCUT2D eigenvalue weighted by molar-refractivity contribution is 0.583. The number of aromatic nitrogens is 2. The zero-order valence-electron chi connectivity index (χ0n) is 10.8. The Labute approximate surface area is 103 Å². The van der Waals surface area contributed by atoms with Crippen LogP contribution in [0.2, 0.25) is 0 Å². The third kappa shape index (κ3) is 3.16. The highest BCUT2D eigenvalue weighted by atomic mass is 15.2. The summed E-state index contributed by atoms with van der Waals surface area (Å²) in [5, 5.41) is 3.53. The monoisotopic (exact) mass is 234 g/mol. The quantitative estimate of drug-likeness (QED) is 0.840. The van der Waals surface area contributed by atoms with E-state index in [-0.39, 0.29) is 0 Å². The van der Waals surface area contributed by atoms with Crippen molar-refractivity contribution in [2.45, 2.75) is 39.2 Å². The van der Waals surface area contributed by atoms with Crippen LogP contribution in [0.15, 0.2) is 12.4 Å². The van der Waals surface area contributed by atoms with Gasteiger partial charge in [0.15, 0.2) is 0 Å². The van der Waals surface area contributed by atoms with Gasteiger partial charge in [0.2, 0.25) is 0 Å². The average Bonchev–Trinajstić information content (AvgIpc) is 2.89. The van der Waals surface area contributed by atoms with Gasteiger partial charge in [-0.3, -0.25) is 0 Å². The van der Waals surface area contributed by atoms with Crippen LogP contribution in [0, 0.1) is 0 Å². The molecule has 1 aliphatic rings. The molecule has 1 unspecified atom stereocenters. The standard InChI is InChI=1S/C13H22N4/c1-3-11-8-13(16-10-15-11)17(4-2)9-12-6-5-7-14-12/h8,10,12,14H,3-7,9H2,1-2H3. The normalized spacial score (nSPS) is 19.5. The summed E-state index contributed by atoms with van der Waals surface area (Å²) < 4.78 is 0. The van der Waals surface area contributed by atoms with Crippen molar-refractivity contribution in [3.8, 4) is 0 Å². The second kappa shape index (κ2) is 5.96. The Morgan fingerprint density at radius 2 is 2.29 bits per heavy atom. The number of aryl methyl sites for hydroxylation is 1. The maximum Gasteiger partial charge on any atom is 0.132 e. The van der Waals surface area contributed by atoms with E-state index >= 15 is 0 Å². The molecular formula is C13H22N4. The van der Waals surface area contributed by atoms with E-state index in [1.165, 1.54) is 12.8 Å². The molecule has 94 valence electrons. The lowest BCUT2D eigenvalue weighted by Crippen LogP contribution is -2.38. The van der Waals surface area contributed by atoms with Crippen molar-refractivity contribution in [1.29, 1.82) is 0 Å². The molecule has 1 aromatic rings. The third-order valence-electron chi connectivity index (χ3n) is 3.38. The van der Waals surface area contributed by atoms with Crippen LogP contribution in [-0.4, -0.2) is 35.6 Å². The first-order chi connectivity index (χ1) is 8.33. The summed E-state index contributed by atoms with van der Waals surface area (Å²) in [5.41, 5.74) is 1.12. The minimum absolute atomic E-state index is 0.620. The first-order valence-electron chi connectivity index (χ1n) is 6.62. The predicted molar refractivity (Wildman–Crippen MR) is 70.3 cm³/mol. The summed E-state index contributed by atoms with van der Waals surface area (Å²) in [6.07, 6.45) is 5.22. The first kappa shape index (κ1) is 12.3. The van der Waals surface area contributed by atoms with Crippen LogP contribution in [0.3, 0.4) is 0 Å². The van der Waals surface area contributed by atoms with Crippen molar-refractivity contribution < 1.29 is 0 Å². The highest BCUT2D eigenvalue weighted by Crippen LogP contribution is 2.14. The molecule has 0 aliphatic carbocycles. The van der Waals surface area contributed by atoms with E-state index in [1.54, 1.807) is 6.33 Å². The fraction of sp³-hybridized carbons (Fsp3) is 0.692. The van der Waals surface area contributed by atoms with Gasteiger partial charge in [-0.1, -0.05) is 6.92 Å². The predicted octanol–water partition coefficient (Wildman–Crippen LogP) is 1.62. The van der Waals surface area contributed by atoms with E-state index in [0.29, 0.717) is 6.04 Å². The molecule has 0 spiro atoms. The number of rotatable bonds is 5. The van der Waals surface area contributed by atoms with Gasteiger partial charge in [-0.15, -0.1) is 0 Å². The summed E-state index contributed by atoms with van der Waals surface area (Å²) in [6, 6.07) is 2.73. The molecule has 2 heterocycles. The molecule has 1 N–H and O–H groups in total. The van der Waals surface area contributed by atoms with Gasteiger partial charge in [0, 0.05) is 30.9 Å². The molecule has 0 aromatic carbocycles. The summed E-state index contributed by atoms with van der Waals surface area (Å²) >= 11 is 0. The van der Waals surface area contributed by atoms with Crippen molar-refractivity contribution in [2.24, 2.45) is 0 Å². The molecule has 2 rings (SSSR count). The smallest absolute Gasteiger partial charge is 0.132 e. The van der Waals surface area contributed by atoms with E-state index in [4.69, 9.17) is 0 Å². The fourth-order valence-electron chi connectivity index (χ4n) is 2.32. The molecule has 0 radical (unpaired) electrons. The Kier molecular flexibility index (Phi) is 4.31. The minimum atomic E-state index is 0.620. The topological polar surface area (TPSA) is 41.0 Å². The summed E-state index contributed by atoms with van der Waals surface area (Å²) in [5.74, 6) is 1.06. The molecule has 1 aliphatic heterocycles. The molecule has 0 bridgehead atoms. The van der Waals surface area contributed by atoms with Crippen LogP contribution >= 0.6 is 0 Å². The Morgan fingerprint density at radius 1 is 1.41 bits per heavy atom. The van der Waals surface area contributed by atoms with Crippen molar-refractivity contribution in [3.63, 3.8) is 0 Å². The zero-order chi connectivity index (χ0) is 12.1. The van der Waals surface area contributed by atoms with Gasteiger partial charge in [0.25, 0.3) is 0 Å². The molecule has 0 amide bonds. The van der Waals surface area contributed by atoms with Crippen LogP contribution in [0.4, 0.5) is 5.82 Å². The van der Waals surface area contributed by atoms with Gasteiger partial charge in [-0.05, 0) is 32.7 Å². The maximum atomic E-state index is 4.39. The molecule has 1 aromatic heterocycles. The van der Waals surface area contributed by atoms with Crippen molar-refractivity contribution in [1.82, 2.24) is 15.3 Å². The van der Waals surface area contributed by atoms with E-state index in [2.05, 4.69) is 40.1 Å². The maximum absolute atomic E-state index is 4.39. The van der Waals surface area contributed by atoms with Gasteiger partial charge in [0.05, 0.1) is 0 Å². The Bertz CT molecular complexity index is 347. The molecule has 4 nitrogen and oxygen atoms in total. The summed E-state index contributed by atoms with van der Waals surface area (Å²) in [6.45, 7) is 7.52. The highest BCUT2D eigenvalue weighted by molar-refractivity contribution is 5.39. The van der Waals surface area contributed by atoms with E-state index < -0.39 is 0 Å². The molecule has 1 atom stereocenters. The van der Waals surface area contributed by atoms with Crippen molar-refractivity contribution in [3.05, 3.63) is 18.1 Å². The van der Waals surface area contributed by atoms with Crippen molar-refractivity contribution >= 4 is 5.82 Å². The molecule has 1 saturated heterocycles. The molecule has 4 heteroatoms. The zero-order valence-corrected chi connectivity index (χ0v) is 10.8. The third-order valence-corrected chi connectivity index (χ3v) is 3.38. The van der Waals surface area contributed by atoms with Gasteiger partial charge < -0.3 is 10.2 Å². The van der Waals surface area contributed by atoms with E-state index in [1.807, 2.05) is 0 Å². The van der Waals surface area contributed by atoms with Crippen LogP contribution in [0.1, 0.15) is 32.4 Å². The number of nitrogens with zero attached hydrogens (tertiary/aromatic N) is 3. The van der Waals surface area contributed by atoms with Crippen LogP contribution in [0.25, 0.3) is 0 Å². The van der Waals surface area contributed by atoms with E-state index in [9.17, 15) is 0 Å². The summed E-state index contributed by atoms with van der Waals surface area (Å²) in [7, 11) is 0. The first-order valence-corrected chi connectivity index (χ1v) is 6.62. The number of likely N-dealkylation sites (N-methyl/N-ethyl adjacent to an activating group) is 1. The lowest BCUT2D eigenvalue weighted by atomic mass is 10.2. The van der Waals surface area contributed by atoms with Gasteiger partial charge in [-0.25, -0.2) is 9.97 Å². The molecule has 17 heavy (non-hydrogen) atoms. The van der Waals surface area contributed by atoms with E-state index in [0.717, 1.165) is 37.6 Å². The molecule has 1 fully saturated rings. The van der Waals surface area contributed by atoms with Crippen molar-refractivity contribution in [2.75, 3.05) is 24.5 Å². The van der Waals surface area contributed by atoms with Crippen LogP contribution in [0.5, 0.6) is 0 Å². The minimum Gasteiger partial charge on any atom is -0.355 e. The largest absolute Gasteiger partial charge is 0.355 e. The Balaban J connectivity index is 2.04. The lowest BCUT2D eigenvalue weighted by Gasteiger charge is -2.25. The Hall–Kier alpha value is -1.16. The van der Waals surface area contributed by atoms with Crippen LogP contribution in [-0.2, 0) is 6.42 Å². The van der Waals surface area contributed by atoms with Gasteiger partial charge >= 0.3 is 0 Å².